The summed E-state index contributed by atoms with van der Waals surface area (Å²) in [5.41, 5.74) is 1.81. The maximum absolute atomic E-state index is 13.6. The Hall–Kier alpha value is -4.18. The number of hydrogen-bond acceptors (Lipinski definition) is 6. The van der Waals surface area contributed by atoms with E-state index in [4.69, 9.17) is 26.4 Å². The highest BCUT2D eigenvalue weighted by atomic mass is 32.1. The minimum absolute atomic E-state index is 0.156. The van der Waals surface area contributed by atoms with Gasteiger partial charge in [-0.05, 0) is 78.4 Å². The van der Waals surface area contributed by atoms with Crippen molar-refractivity contribution in [3.05, 3.63) is 78.1 Å². The van der Waals surface area contributed by atoms with Gasteiger partial charge < -0.3 is 24.4 Å². The third-order valence-electron chi connectivity index (χ3n) is 5.96. The summed E-state index contributed by atoms with van der Waals surface area (Å²) in [5.74, 6) is 0.603. The van der Waals surface area contributed by atoms with Crippen LogP contribution in [-0.2, 0) is 16.1 Å². The van der Waals surface area contributed by atoms with E-state index in [9.17, 15) is 14.0 Å². The Morgan fingerprint density at radius 2 is 1.62 bits per heavy atom. The third-order valence-corrected chi connectivity index (χ3v) is 6.37. The number of carbonyl (C=O) groups is 2. The highest BCUT2D eigenvalue weighted by molar-refractivity contribution is 7.80. The molecule has 1 saturated heterocycles. The first-order chi connectivity index (χ1) is 17.8. The van der Waals surface area contributed by atoms with Gasteiger partial charge in [-0.3, -0.25) is 14.5 Å². The summed E-state index contributed by atoms with van der Waals surface area (Å²) >= 11 is 5.74. The van der Waals surface area contributed by atoms with Crippen LogP contribution in [0.15, 0.2) is 66.7 Å². The zero-order chi connectivity index (χ0) is 26.5. The number of ether oxygens (including phenoxy) is 3. The van der Waals surface area contributed by atoms with E-state index in [2.05, 4.69) is 5.32 Å². The maximum Gasteiger partial charge on any atom is 0.256 e. The number of thiocarbonyl (C=S) groups is 1. The lowest BCUT2D eigenvalue weighted by molar-refractivity contribution is -0.124. The van der Waals surface area contributed by atoms with Crippen LogP contribution in [0.5, 0.6) is 17.2 Å². The molecular formula is C27H26FN3O5S. The SMILES string of the molecule is COc1ccc(N2C(=O)C(CC(=O)Nc3ccc(F)cc3)N(Cc3ccc(OC)c(OC)c3)C2=S)cc1. The van der Waals surface area contributed by atoms with E-state index >= 15 is 0 Å². The average Bonchev–Trinajstić information content (AvgIpc) is 3.13. The Morgan fingerprint density at radius 1 is 0.946 bits per heavy atom. The van der Waals surface area contributed by atoms with Crippen molar-refractivity contribution < 1.29 is 28.2 Å². The van der Waals surface area contributed by atoms with E-state index in [1.54, 1.807) is 62.6 Å². The van der Waals surface area contributed by atoms with Crippen molar-refractivity contribution in [2.24, 2.45) is 0 Å². The number of amides is 2. The number of carbonyl (C=O) groups excluding carboxylic acids is 2. The molecule has 8 nitrogen and oxygen atoms in total. The van der Waals surface area contributed by atoms with Crippen molar-refractivity contribution in [3.8, 4) is 17.2 Å². The van der Waals surface area contributed by atoms with E-state index in [1.807, 2.05) is 6.07 Å². The number of nitrogens with zero attached hydrogens (tertiary/aromatic N) is 2. The van der Waals surface area contributed by atoms with Gasteiger partial charge in [0.1, 0.15) is 17.6 Å². The van der Waals surface area contributed by atoms with Gasteiger partial charge in [0.25, 0.3) is 5.91 Å². The topological polar surface area (TPSA) is 80.3 Å². The largest absolute Gasteiger partial charge is 0.497 e. The highest BCUT2D eigenvalue weighted by Crippen LogP contribution is 2.32. The predicted octanol–water partition coefficient (Wildman–Crippen LogP) is 4.38. The summed E-state index contributed by atoms with van der Waals surface area (Å²) in [6.45, 7) is 0.256. The van der Waals surface area contributed by atoms with Crippen molar-refractivity contribution in [3.63, 3.8) is 0 Å². The molecule has 10 heteroatoms. The molecule has 1 aliphatic rings. The number of rotatable bonds is 9. The number of anilines is 2. The van der Waals surface area contributed by atoms with Gasteiger partial charge in [-0.25, -0.2) is 4.39 Å². The molecule has 0 bridgehead atoms. The molecule has 1 N–H and O–H groups in total. The zero-order valence-electron chi connectivity index (χ0n) is 20.6. The van der Waals surface area contributed by atoms with Gasteiger partial charge in [-0.15, -0.1) is 0 Å². The third kappa shape index (κ3) is 5.64. The van der Waals surface area contributed by atoms with E-state index in [0.29, 0.717) is 28.6 Å². The Bertz CT molecular complexity index is 1300. The van der Waals surface area contributed by atoms with E-state index in [0.717, 1.165) is 5.56 Å². The zero-order valence-corrected chi connectivity index (χ0v) is 21.4. The molecule has 1 aliphatic heterocycles. The van der Waals surface area contributed by atoms with Gasteiger partial charge >= 0.3 is 0 Å². The Morgan fingerprint density at radius 3 is 2.24 bits per heavy atom. The van der Waals surface area contributed by atoms with E-state index < -0.39 is 17.8 Å². The monoisotopic (exact) mass is 523 g/mol. The summed E-state index contributed by atoms with van der Waals surface area (Å²) in [6.07, 6.45) is -0.156. The number of methoxy groups -OCH3 is 3. The molecule has 192 valence electrons. The first-order valence-corrected chi connectivity index (χ1v) is 11.8. The molecule has 2 amide bonds. The summed E-state index contributed by atoms with van der Waals surface area (Å²) in [4.78, 5) is 29.7. The lowest BCUT2D eigenvalue weighted by atomic mass is 10.1. The highest BCUT2D eigenvalue weighted by Gasteiger charge is 2.44. The average molecular weight is 524 g/mol. The van der Waals surface area contributed by atoms with Crippen molar-refractivity contribution in [1.29, 1.82) is 0 Å². The van der Waals surface area contributed by atoms with Gasteiger partial charge in [-0.2, -0.15) is 0 Å². The second kappa shape index (κ2) is 11.3. The molecule has 0 aliphatic carbocycles. The van der Waals surface area contributed by atoms with Gasteiger partial charge in [0.05, 0.1) is 33.4 Å². The van der Waals surface area contributed by atoms with Crippen molar-refractivity contribution in [2.75, 3.05) is 31.5 Å². The fraction of sp³-hybridized carbons (Fsp3) is 0.222. The molecule has 0 spiro atoms. The van der Waals surface area contributed by atoms with Crippen molar-refractivity contribution in [1.82, 2.24) is 4.90 Å². The van der Waals surface area contributed by atoms with Gasteiger partial charge in [-0.1, -0.05) is 6.07 Å². The maximum atomic E-state index is 13.6. The number of hydrogen-bond donors (Lipinski definition) is 1. The summed E-state index contributed by atoms with van der Waals surface area (Å²) in [6, 6.07) is 16.9. The van der Waals surface area contributed by atoms with Crippen molar-refractivity contribution in [2.45, 2.75) is 19.0 Å². The molecule has 0 aromatic heterocycles. The lowest BCUT2D eigenvalue weighted by Gasteiger charge is -2.24. The van der Waals surface area contributed by atoms with Crippen molar-refractivity contribution >= 4 is 40.5 Å². The molecule has 0 radical (unpaired) electrons. The second-order valence-corrected chi connectivity index (χ2v) is 8.61. The second-order valence-electron chi connectivity index (χ2n) is 8.25. The standard InChI is InChI=1S/C27H26FN3O5S/c1-34-21-11-9-20(10-12-21)31-26(33)22(15-25(32)29-19-7-5-18(28)6-8-19)30(27(31)37)16-17-4-13-23(35-2)24(14-17)36-3/h4-14,22H,15-16H2,1-3H3,(H,29,32). The van der Waals surface area contributed by atoms with Crippen LogP contribution in [-0.4, -0.2) is 49.2 Å². The Kier molecular flexibility index (Phi) is 7.88. The van der Waals surface area contributed by atoms with E-state index in [-0.39, 0.29) is 24.0 Å². The molecule has 1 fully saturated rings. The number of halogens is 1. The first kappa shape index (κ1) is 25.9. The van der Waals surface area contributed by atoms with Crippen LogP contribution in [0.2, 0.25) is 0 Å². The van der Waals surface area contributed by atoms with E-state index in [1.165, 1.54) is 29.2 Å². The summed E-state index contributed by atoms with van der Waals surface area (Å²) < 4.78 is 29.2. The van der Waals surface area contributed by atoms with Gasteiger partial charge in [0, 0.05) is 12.2 Å². The fourth-order valence-electron chi connectivity index (χ4n) is 4.08. The molecule has 1 atom stereocenters. The Balaban J connectivity index is 1.62. The smallest absolute Gasteiger partial charge is 0.256 e. The molecule has 0 saturated carbocycles. The molecule has 3 aromatic rings. The van der Waals surface area contributed by atoms with Gasteiger partial charge in [0.15, 0.2) is 16.6 Å². The van der Waals surface area contributed by atoms with Crippen LogP contribution in [0.3, 0.4) is 0 Å². The summed E-state index contributed by atoms with van der Waals surface area (Å²) in [7, 11) is 4.65. The molecule has 4 rings (SSSR count). The fourth-order valence-corrected chi connectivity index (χ4v) is 4.47. The van der Waals surface area contributed by atoms with Crippen LogP contribution < -0.4 is 24.4 Å². The predicted molar refractivity (Wildman–Crippen MR) is 142 cm³/mol. The minimum Gasteiger partial charge on any atom is -0.497 e. The molecule has 1 heterocycles. The first-order valence-electron chi connectivity index (χ1n) is 11.4. The molecular weight excluding hydrogens is 497 g/mol. The molecule has 3 aromatic carbocycles. The van der Waals surface area contributed by atoms with Gasteiger partial charge in [0.2, 0.25) is 5.91 Å². The molecule has 37 heavy (non-hydrogen) atoms. The minimum atomic E-state index is -0.858. The van der Waals surface area contributed by atoms with Crippen LogP contribution in [0.1, 0.15) is 12.0 Å². The van der Waals surface area contributed by atoms with Crippen LogP contribution in [0.4, 0.5) is 15.8 Å². The summed E-state index contributed by atoms with van der Waals surface area (Å²) in [5, 5.41) is 2.99. The van der Waals surface area contributed by atoms with Crippen LogP contribution in [0, 0.1) is 5.82 Å². The van der Waals surface area contributed by atoms with Crippen LogP contribution >= 0.6 is 12.2 Å². The molecule has 1 unspecified atom stereocenters. The lowest BCUT2D eigenvalue weighted by Crippen LogP contribution is -2.37. The number of benzene rings is 3. The Labute approximate surface area is 219 Å². The number of nitrogens with one attached hydrogen (secondary N) is 1. The quantitative estimate of drug-likeness (QED) is 0.417. The van der Waals surface area contributed by atoms with Crippen LogP contribution in [0.25, 0.3) is 0 Å². The normalized spacial score (nSPS) is 15.1.